The van der Waals surface area contributed by atoms with E-state index in [-0.39, 0.29) is 23.9 Å². The maximum Gasteiger partial charge on any atom is 0.259 e. The van der Waals surface area contributed by atoms with Gasteiger partial charge in [-0.1, -0.05) is 40.2 Å². The van der Waals surface area contributed by atoms with Gasteiger partial charge >= 0.3 is 0 Å². The summed E-state index contributed by atoms with van der Waals surface area (Å²) in [7, 11) is 1.71. The lowest BCUT2D eigenvalue weighted by Gasteiger charge is -2.36. The van der Waals surface area contributed by atoms with Crippen LogP contribution in [0.1, 0.15) is 96.8 Å². The highest BCUT2D eigenvalue weighted by atomic mass is 16.5. The summed E-state index contributed by atoms with van der Waals surface area (Å²) in [5.74, 6) is 2.04. The van der Waals surface area contributed by atoms with E-state index in [1.54, 1.807) is 13.2 Å². The zero-order valence-electron chi connectivity index (χ0n) is 21.6. The van der Waals surface area contributed by atoms with E-state index < -0.39 is 17.8 Å². The third-order valence-corrected chi connectivity index (χ3v) is 8.32. The summed E-state index contributed by atoms with van der Waals surface area (Å²) in [6, 6.07) is 0. The van der Waals surface area contributed by atoms with Crippen molar-refractivity contribution >= 4 is 5.78 Å². The second-order valence-electron chi connectivity index (χ2n) is 11.2. The number of aromatic nitrogens is 1. The second-order valence-corrected chi connectivity index (χ2v) is 11.2. The fourth-order valence-corrected chi connectivity index (χ4v) is 6.15. The summed E-state index contributed by atoms with van der Waals surface area (Å²) in [5.41, 5.74) is 0.947. The fourth-order valence-electron chi connectivity index (χ4n) is 6.15. The predicted molar refractivity (Wildman–Crippen MR) is 132 cm³/mol. The van der Waals surface area contributed by atoms with Crippen molar-refractivity contribution < 1.29 is 19.4 Å². The number of aliphatic hydroxyl groups is 1. The molecule has 188 valence electrons. The molecule has 0 radical (unpaired) electrons. The number of allylic oxidation sites excluding steroid dienone is 1. The van der Waals surface area contributed by atoms with Gasteiger partial charge in [-0.15, -0.1) is 0 Å². The number of nitrogens with zero attached hydrogens (tertiary/aromatic N) is 1. The Kier molecular flexibility index (Phi) is 7.12. The molecule has 4 rings (SSSR count). The van der Waals surface area contributed by atoms with Crippen LogP contribution in [0.25, 0.3) is 0 Å². The van der Waals surface area contributed by atoms with Gasteiger partial charge in [-0.05, 0) is 55.9 Å². The molecule has 0 aromatic carbocycles. The van der Waals surface area contributed by atoms with Gasteiger partial charge < -0.3 is 19.1 Å². The normalized spacial score (nSPS) is 33.1. The van der Waals surface area contributed by atoms with Crippen LogP contribution in [0.15, 0.2) is 22.6 Å². The zero-order valence-corrected chi connectivity index (χ0v) is 21.6. The number of fused-ring (bicyclic) bond motifs is 3. The molecule has 3 aliphatic rings. The van der Waals surface area contributed by atoms with Gasteiger partial charge in [-0.25, -0.2) is 0 Å². The molecule has 7 unspecified atom stereocenters. The molecule has 1 aromatic rings. The number of Topliss-reactive ketones (excluding diaryl/α,β-unsaturated/α-hetero) is 1. The van der Waals surface area contributed by atoms with Crippen LogP contribution in [0, 0.1) is 17.8 Å². The minimum absolute atomic E-state index is 0.0629. The van der Waals surface area contributed by atoms with Crippen LogP contribution < -0.4 is 10.3 Å². The lowest BCUT2D eigenvalue weighted by Crippen LogP contribution is -2.43. The average molecular weight is 472 g/mol. The molecule has 1 aliphatic carbocycles. The number of rotatable bonds is 6. The largest absolute Gasteiger partial charge is 0.486 e. The van der Waals surface area contributed by atoms with Gasteiger partial charge in [0, 0.05) is 31.6 Å². The van der Waals surface area contributed by atoms with Crippen LogP contribution in [-0.2, 0) is 22.2 Å². The van der Waals surface area contributed by atoms with Crippen molar-refractivity contribution in [3.63, 3.8) is 0 Å². The number of hydrogen-bond acceptors (Lipinski definition) is 5. The third kappa shape index (κ3) is 4.51. The van der Waals surface area contributed by atoms with Gasteiger partial charge in [0.2, 0.25) is 0 Å². The van der Waals surface area contributed by atoms with Gasteiger partial charge in [-0.2, -0.15) is 0 Å². The summed E-state index contributed by atoms with van der Waals surface area (Å²) in [6.45, 7) is 11.1. The highest BCUT2D eigenvalue weighted by molar-refractivity contribution is 5.81. The first kappa shape index (κ1) is 25.2. The van der Waals surface area contributed by atoms with Crippen molar-refractivity contribution in [2.45, 2.75) is 103 Å². The standard InChI is InChI=1S/C28H41NO5/c1-7-16(2)12-17(3)13-19(5)25-18(4)8-9-22(33-25)24-26-21(15-29(6)27(24)31)28(32)11-10-20(30)14-23(28)34-26/h13,15-18,22-23,25,32H,7-12,14H2,1-6H3. The van der Waals surface area contributed by atoms with E-state index in [2.05, 4.69) is 40.7 Å². The van der Waals surface area contributed by atoms with E-state index >= 15 is 0 Å². The minimum atomic E-state index is -1.23. The van der Waals surface area contributed by atoms with Crippen LogP contribution in [0.4, 0.5) is 0 Å². The molecular weight excluding hydrogens is 430 g/mol. The van der Waals surface area contributed by atoms with E-state index in [0.717, 1.165) is 19.3 Å². The first-order chi connectivity index (χ1) is 16.0. The van der Waals surface area contributed by atoms with E-state index in [9.17, 15) is 14.7 Å². The summed E-state index contributed by atoms with van der Waals surface area (Å²) < 4.78 is 14.3. The van der Waals surface area contributed by atoms with Gasteiger partial charge in [0.25, 0.3) is 5.56 Å². The van der Waals surface area contributed by atoms with Crippen molar-refractivity contribution in [1.82, 2.24) is 4.57 Å². The maximum absolute atomic E-state index is 13.3. The van der Waals surface area contributed by atoms with Crippen LogP contribution in [0.5, 0.6) is 5.75 Å². The van der Waals surface area contributed by atoms with E-state index in [1.165, 1.54) is 16.6 Å². The molecule has 34 heavy (non-hydrogen) atoms. The summed E-state index contributed by atoms with van der Waals surface area (Å²) >= 11 is 0. The Labute approximate surface area is 203 Å². The topological polar surface area (TPSA) is 77.8 Å². The molecule has 2 aliphatic heterocycles. The van der Waals surface area contributed by atoms with Crippen LogP contribution >= 0.6 is 0 Å². The van der Waals surface area contributed by atoms with Gasteiger partial charge in [0.15, 0.2) is 0 Å². The van der Waals surface area contributed by atoms with Crippen molar-refractivity contribution in [3.05, 3.63) is 39.3 Å². The molecule has 6 heteroatoms. The number of pyridine rings is 1. The molecule has 1 saturated carbocycles. The maximum atomic E-state index is 13.3. The molecule has 2 fully saturated rings. The Hall–Kier alpha value is -1.92. The van der Waals surface area contributed by atoms with Crippen molar-refractivity contribution in [3.8, 4) is 5.75 Å². The SMILES string of the molecule is CCC(C)CC(C)C=C(C)C1OC(c2c3c(cn(C)c2=O)C2(O)CCC(=O)CC2O3)CCC1C. The first-order valence-corrected chi connectivity index (χ1v) is 13.0. The number of aryl methyl sites for hydroxylation is 1. The van der Waals surface area contributed by atoms with Gasteiger partial charge in [0.1, 0.15) is 23.2 Å². The monoisotopic (exact) mass is 471 g/mol. The molecule has 7 atom stereocenters. The Morgan fingerprint density at radius 1 is 1.32 bits per heavy atom. The molecular formula is C28H41NO5. The Bertz CT molecular complexity index is 1030. The third-order valence-electron chi connectivity index (χ3n) is 8.32. The zero-order chi connectivity index (χ0) is 24.8. The molecule has 0 spiro atoms. The lowest BCUT2D eigenvalue weighted by molar-refractivity contribution is -0.133. The molecule has 0 amide bonds. The lowest BCUT2D eigenvalue weighted by atomic mass is 9.78. The van der Waals surface area contributed by atoms with Crippen LogP contribution in [0.2, 0.25) is 0 Å². The van der Waals surface area contributed by atoms with E-state index in [0.29, 0.717) is 47.5 Å². The van der Waals surface area contributed by atoms with E-state index in [1.807, 2.05) is 0 Å². The molecule has 1 N–H and O–H groups in total. The number of ether oxygens (including phenoxy) is 2. The number of hydrogen-bond donors (Lipinski definition) is 1. The van der Waals surface area contributed by atoms with Crippen LogP contribution in [-0.4, -0.2) is 27.7 Å². The highest BCUT2D eigenvalue weighted by Gasteiger charge is 2.53. The molecule has 6 nitrogen and oxygen atoms in total. The summed E-state index contributed by atoms with van der Waals surface area (Å²) in [5, 5.41) is 11.5. The average Bonchev–Trinajstić information content (AvgIpc) is 3.06. The quantitative estimate of drug-likeness (QED) is 0.593. The number of carbonyl (C=O) groups excluding carboxylic acids is 1. The first-order valence-electron chi connectivity index (χ1n) is 13.0. The summed E-state index contributed by atoms with van der Waals surface area (Å²) in [4.78, 5) is 25.4. The van der Waals surface area contributed by atoms with Gasteiger partial charge in [-0.3, -0.25) is 9.59 Å². The highest BCUT2D eigenvalue weighted by Crippen LogP contribution is 2.51. The molecule has 3 heterocycles. The number of ketones is 1. The minimum Gasteiger partial charge on any atom is -0.486 e. The summed E-state index contributed by atoms with van der Waals surface area (Å²) in [6.07, 6.45) is 7.74. The smallest absolute Gasteiger partial charge is 0.259 e. The van der Waals surface area contributed by atoms with Crippen LogP contribution in [0.3, 0.4) is 0 Å². The Morgan fingerprint density at radius 2 is 2.06 bits per heavy atom. The molecule has 1 aromatic heterocycles. The fraction of sp³-hybridized carbons (Fsp3) is 0.714. The Balaban J connectivity index is 1.65. The van der Waals surface area contributed by atoms with Crippen molar-refractivity contribution in [1.29, 1.82) is 0 Å². The van der Waals surface area contributed by atoms with Crippen molar-refractivity contribution in [2.75, 3.05) is 0 Å². The number of carbonyl (C=O) groups is 1. The van der Waals surface area contributed by atoms with Gasteiger partial charge in [0.05, 0.1) is 17.8 Å². The predicted octanol–water partition coefficient (Wildman–Crippen LogP) is 4.96. The Morgan fingerprint density at radius 3 is 2.76 bits per heavy atom. The molecule has 1 saturated heterocycles. The second kappa shape index (κ2) is 9.62. The van der Waals surface area contributed by atoms with Crippen molar-refractivity contribution in [2.24, 2.45) is 24.8 Å². The molecule has 0 bridgehead atoms. The van der Waals surface area contributed by atoms with E-state index in [4.69, 9.17) is 9.47 Å².